The zero-order valence-electron chi connectivity index (χ0n) is 14.6. The van der Waals surface area contributed by atoms with Gasteiger partial charge in [0, 0.05) is 48.7 Å². The molecule has 4 bridgehead atoms. The summed E-state index contributed by atoms with van der Waals surface area (Å²) in [6, 6.07) is 9.30. The average Bonchev–Trinajstić information content (AvgIpc) is 2.83. The first-order valence-corrected chi connectivity index (χ1v) is 9.46. The van der Waals surface area contributed by atoms with Gasteiger partial charge in [-0.1, -0.05) is 13.3 Å². The van der Waals surface area contributed by atoms with Crippen molar-refractivity contribution >= 4 is 10.9 Å². The maximum absolute atomic E-state index is 9.30. The number of rotatable bonds is 1. The molecule has 6 rings (SSSR count). The lowest BCUT2D eigenvalue weighted by Gasteiger charge is -2.53. The third-order valence-corrected chi connectivity index (χ3v) is 7.04. The minimum absolute atomic E-state index is 0.683. The van der Waals surface area contributed by atoms with E-state index in [4.69, 9.17) is 0 Å². The van der Waals surface area contributed by atoms with Gasteiger partial charge in [-0.25, -0.2) is 0 Å². The molecule has 3 heteroatoms. The molecule has 5 atom stereocenters. The smallest absolute Gasteiger partial charge is 0.0991 e. The summed E-state index contributed by atoms with van der Waals surface area (Å²) < 4.78 is 2.45. The number of hydrogen-bond donors (Lipinski definition) is 0. The van der Waals surface area contributed by atoms with Crippen molar-refractivity contribution in [2.24, 2.45) is 18.9 Å². The predicted octanol–water partition coefficient (Wildman–Crippen LogP) is 3.81. The Balaban J connectivity index is 1.73. The molecule has 5 unspecified atom stereocenters. The second-order valence-corrected chi connectivity index (χ2v) is 8.11. The van der Waals surface area contributed by atoms with Crippen LogP contribution in [0.5, 0.6) is 0 Å². The molecule has 0 spiro atoms. The quantitative estimate of drug-likeness (QED) is 0.800. The van der Waals surface area contributed by atoms with Gasteiger partial charge >= 0.3 is 0 Å². The van der Waals surface area contributed by atoms with Gasteiger partial charge < -0.3 is 4.57 Å². The van der Waals surface area contributed by atoms with Crippen LogP contribution in [-0.2, 0) is 13.5 Å². The molecule has 3 aliphatic heterocycles. The van der Waals surface area contributed by atoms with Gasteiger partial charge in [0.1, 0.15) is 0 Å². The lowest BCUT2D eigenvalue weighted by Crippen LogP contribution is -2.56. The number of hydrogen-bond acceptors (Lipinski definition) is 2. The average molecular weight is 319 g/mol. The number of aryl methyl sites for hydroxylation is 1. The summed E-state index contributed by atoms with van der Waals surface area (Å²) in [6.07, 6.45) is 5.25. The van der Waals surface area contributed by atoms with Gasteiger partial charge in [-0.2, -0.15) is 5.26 Å². The summed E-state index contributed by atoms with van der Waals surface area (Å²) in [5.74, 6) is 2.42. The Bertz CT molecular complexity index is 856. The Labute approximate surface area is 143 Å². The molecule has 0 amide bonds. The molecule has 1 saturated carbocycles. The highest BCUT2D eigenvalue weighted by molar-refractivity contribution is 5.87. The number of aromatic nitrogens is 1. The highest BCUT2D eigenvalue weighted by Gasteiger charge is 2.49. The summed E-state index contributed by atoms with van der Waals surface area (Å²) in [5, 5.41) is 10.6. The first-order chi connectivity index (χ1) is 11.7. The SMILES string of the molecule is CCC1CC2CC3c4c(c5cc(C#N)ccc5n4C)CCN(C2)C13. The van der Waals surface area contributed by atoms with Crippen LogP contribution in [0.1, 0.15) is 48.9 Å². The maximum Gasteiger partial charge on any atom is 0.0991 e. The van der Waals surface area contributed by atoms with Crippen molar-refractivity contribution in [2.45, 2.75) is 44.6 Å². The van der Waals surface area contributed by atoms with Gasteiger partial charge in [0.15, 0.2) is 0 Å². The predicted molar refractivity (Wildman–Crippen MR) is 95.9 cm³/mol. The summed E-state index contributed by atoms with van der Waals surface area (Å²) in [5.41, 5.74) is 5.20. The van der Waals surface area contributed by atoms with E-state index in [0.29, 0.717) is 5.92 Å². The largest absolute Gasteiger partial charge is 0.347 e. The molecule has 124 valence electrons. The van der Waals surface area contributed by atoms with Gasteiger partial charge in [0.05, 0.1) is 11.6 Å². The fraction of sp³-hybridized carbons (Fsp3) is 0.571. The second-order valence-electron chi connectivity index (χ2n) is 8.11. The van der Waals surface area contributed by atoms with Crippen molar-refractivity contribution in [3.05, 3.63) is 35.0 Å². The zero-order chi connectivity index (χ0) is 16.4. The molecule has 4 aliphatic rings. The van der Waals surface area contributed by atoms with Gasteiger partial charge in [0.2, 0.25) is 0 Å². The fourth-order valence-electron chi connectivity index (χ4n) is 6.17. The maximum atomic E-state index is 9.30. The number of fused-ring (bicyclic) bond motifs is 4. The summed E-state index contributed by atoms with van der Waals surface area (Å²) in [7, 11) is 2.24. The summed E-state index contributed by atoms with van der Waals surface area (Å²) >= 11 is 0. The lowest BCUT2D eigenvalue weighted by atomic mass is 9.65. The molecule has 3 fully saturated rings. The van der Waals surface area contributed by atoms with Crippen molar-refractivity contribution in [3.63, 3.8) is 0 Å². The van der Waals surface area contributed by atoms with Crippen LogP contribution in [0.15, 0.2) is 18.2 Å². The molecule has 1 aromatic carbocycles. The van der Waals surface area contributed by atoms with Crippen molar-refractivity contribution in [1.29, 1.82) is 5.26 Å². The normalized spacial score (nSPS) is 34.0. The van der Waals surface area contributed by atoms with Crippen molar-refractivity contribution in [1.82, 2.24) is 9.47 Å². The Morgan fingerprint density at radius 3 is 2.96 bits per heavy atom. The first kappa shape index (κ1) is 14.5. The molecule has 2 saturated heterocycles. The van der Waals surface area contributed by atoms with E-state index in [-0.39, 0.29) is 0 Å². The molecule has 0 N–H and O–H groups in total. The molecule has 3 nitrogen and oxygen atoms in total. The van der Waals surface area contributed by atoms with Crippen LogP contribution >= 0.6 is 0 Å². The minimum Gasteiger partial charge on any atom is -0.347 e. The van der Waals surface area contributed by atoms with E-state index in [1.807, 2.05) is 6.07 Å². The number of benzene rings is 1. The van der Waals surface area contributed by atoms with Crippen LogP contribution in [0.25, 0.3) is 10.9 Å². The molecular weight excluding hydrogens is 294 g/mol. The third kappa shape index (κ3) is 1.81. The van der Waals surface area contributed by atoms with Crippen molar-refractivity contribution in [3.8, 4) is 6.07 Å². The number of nitriles is 1. The van der Waals surface area contributed by atoms with Crippen LogP contribution in [-0.4, -0.2) is 28.6 Å². The van der Waals surface area contributed by atoms with Crippen LogP contribution in [0, 0.1) is 23.2 Å². The van der Waals surface area contributed by atoms with Crippen LogP contribution < -0.4 is 0 Å². The van der Waals surface area contributed by atoms with E-state index in [1.165, 1.54) is 48.8 Å². The van der Waals surface area contributed by atoms with Crippen LogP contribution in [0.3, 0.4) is 0 Å². The molecule has 24 heavy (non-hydrogen) atoms. The second kappa shape index (κ2) is 5.10. The Hall–Kier alpha value is -1.79. The molecule has 0 radical (unpaired) electrons. The fourth-order valence-corrected chi connectivity index (χ4v) is 6.17. The first-order valence-electron chi connectivity index (χ1n) is 9.46. The third-order valence-electron chi connectivity index (χ3n) is 7.04. The van der Waals surface area contributed by atoms with E-state index < -0.39 is 0 Å². The van der Waals surface area contributed by atoms with E-state index >= 15 is 0 Å². The van der Waals surface area contributed by atoms with Gasteiger partial charge in [-0.15, -0.1) is 0 Å². The van der Waals surface area contributed by atoms with Crippen LogP contribution in [0.4, 0.5) is 0 Å². The monoisotopic (exact) mass is 319 g/mol. The molecule has 1 aromatic heterocycles. The van der Waals surface area contributed by atoms with Gasteiger partial charge in [0.25, 0.3) is 0 Å². The highest BCUT2D eigenvalue weighted by atomic mass is 15.2. The van der Waals surface area contributed by atoms with Crippen molar-refractivity contribution < 1.29 is 0 Å². The van der Waals surface area contributed by atoms with E-state index in [9.17, 15) is 5.26 Å². The number of nitrogens with zero attached hydrogens (tertiary/aromatic N) is 3. The topological polar surface area (TPSA) is 32.0 Å². The molecule has 4 heterocycles. The summed E-state index contributed by atoms with van der Waals surface area (Å²) in [6.45, 7) is 4.88. The van der Waals surface area contributed by atoms with Crippen LogP contribution in [0.2, 0.25) is 0 Å². The summed E-state index contributed by atoms with van der Waals surface area (Å²) in [4.78, 5) is 2.80. The minimum atomic E-state index is 0.683. The van der Waals surface area contributed by atoms with E-state index in [1.54, 1.807) is 5.69 Å². The van der Waals surface area contributed by atoms with Crippen molar-refractivity contribution in [2.75, 3.05) is 13.1 Å². The number of piperidine rings is 2. The molecule has 2 aromatic rings. The molecular formula is C21H25N3. The van der Waals surface area contributed by atoms with E-state index in [0.717, 1.165) is 29.9 Å². The van der Waals surface area contributed by atoms with E-state index in [2.05, 4.69) is 41.6 Å². The lowest BCUT2D eigenvalue weighted by molar-refractivity contribution is -0.0140. The Morgan fingerprint density at radius 2 is 2.17 bits per heavy atom. The standard InChI is InChI=1S/C21H25N3/c1-3-15-8-14-10-18-20(15)24(12-14)7-6-16-17-9-13(11-22)4-5-19(17)23(2)21(16)18/h4-5,9,14-15,18,20H,3,6-8,10,12H2,1-2H3. The highest BCUT2D eigenvalue weighted by Crippen LogP contribution is 2.51. The van der Waals surface area contributed by atoms with Gasteiger partial charge in [-0.3, -0.25) is 4.90 Å². The zero-order valence-corrected chi connectivity index (χ0v) is 14.6. The van der Waals surface area contributed by atoms with Gasteiger partial charge in [-0.05, 0) is 54.9 Å². The molecule has 1 aliphatic carbocycles. The Kier molecular flexibility index (Phi) is 3.09. The Morgan fingerprint density at radius 1 is 1.29 bits per heavy atom.